The molecule has 26 heavy (non-hydrogen) atoms. The fraction of sp³-hybridized carbons (Fsp3) is 0.190. The van der Waals surface area contributed by atoms with E-state index in [0.717, 1.165) is 17.8 Å². The van der Waals surface area contributed by atoms with Crippen LogP contribution in [0.3, 0.4) is 0 Å². The molecular formula is C21H22N4O. The van der Waals surface area contributed by atoms with Crippen molar-refractivity contribution < 1.29 is 4.79 Å². The summed E-state index contributed by atoms with van der Waals surface area (Å²) in [6, 6.07) is 17.7. The molecule has 5 heteroatoms. The van der Waals surface area contributed by atoms with Gasteiger partial charge in [0.05, 0.1) is 12.4 Å². The molecule has 1 N–H and O–H groups in total. The van der Waals surface area contributed by atoms with Crippen LogP contribution in [0.2, 0.25) is 0 Å². The summed E-state index contributed by atoms with van der Waals surface area (Å²) in [6.45, 7) is 4.63. The number of amides is 1. The topological polar surface area (TPSA) is 58.1 Å². The molecule has 0 aliphatic heterocycles. The van der Waals surface area contributed by atoms with Gasteiger partial charge < -0.3 is 10.2 Å². The zero-order valence-electron chi connectivity index (χ0n) is 15.0. The van der Waals surface area contributed by atoms with E-state index in [9.17, 15) is 4.79 Å². The van der Waals surface area contributed by atoms with Crippen LogP contribution in [-0.2, 0) is 6.42 Å². The van der Waals surface area contributed by atoms with Gasteiger partial charge in [-0.15, -0.1) is 0 Å². The van der Waals surface area contributed by atoms with Crippen LogP contribution in [0.5, 0.6) is 0 Å². The van der Waals surface area contributed by atoms with Gasteiger partial charge in [0.1, 0.15) is 11.5 Å². The molecule has 0 radical (unpaired) electrons. The Kier molecular flexibility index (Phi) is 5.59. The number of benzene rings is 2. The number of nitrogens with one attached hydrogen (secondary N) is 1. The van der Waals surface area contributed by atoms with Crippen LogP contribution in [0.4, 0.5) is 17.2 Å². The van der Waals surface area contributed by atoms with Crippen molar-refractivity contribution >= 4 is 23.1 Å². The first kappa shape index (κ1) is 17.6. The maximum Gasteiger partial charge on any atom is 0.278 e. The second-order valence-corrected chi connectivity index (χ2v) is 5.85. The first-order chi connectivity index (χ1) is 12.7. The Morgan fingerprint density at radius 2 is 1.69 bits per heavy atom. The van der Waals surface area contributed by atoms with Gasteiger partial charge in [-0.3, -0.25) is 4.79 Å². The smallest absolute Gasteiger partial charge is 0.278 e. The molecule has 0 aliphatic carbocycles. The summed E-state index contributed by atoms with van der Waals surface area (Å²) in [5.41, 5.74) is 3.39. The molecule has 0 spiro atoms. The van der Waals surface area contributed by atoms with Crippen molar-refractivity contribution in [2.45, 2.75) is 20.3 Å². The van der Waals surface area contributed by atoms with Crippen LogP contribution < -0.4 is 10.2 Å². The molecule has 3 rings (SSSR count). The Labute approximate surface area is 153 Å². The number of aromatic nitrogens is 2. The maximum atomic E-state index is 12.7. The summed E-state index contributed by atoms with van der Waals surface area (Å²) < 4.78 is 0. The van der Waals surface area contributed by atoms with E-state index in [4.69, 9.17) is 0 Å². The highest BCUT2D eigenvalue weighted by Crippen LogP contribution is 2.17. The molecule has 1 heterocycles. The fourth-order valence-corrected chi connectivity index (χ4v) is 2.66. The van der Waals surface area contributed by atoms with Crippen LogP contribution in [0.25, 0.3) is 0 Å². The number of aryl methyl sites for hydroxylation is 1. The van der Waals surface area contributed by atoms with Crippen molar-refractivity contribution in [3.05, 3.63) is 78.2 Å². The molecule has 0 bridgehead atoms. The number of nitrogens with zero attached hydrogens (tertiary/aromatic N) is 3. The zero-order valence-corrected chi connectivity index (χ0v) is 15.0. The van der Waals surface area contributed by atoms with E-state index in [1.807, 2.05) is 49.4 Å². The van der Waals surface area contributed by atoms with Crippen molar-refractivity contribution in [2.75, 3.05) is 16.8 Å². The molecule has 0 fully saturated rings. The standard InChI is InChI=1S/C21H22N4O/c1-3-16-10-12-17(13-11-16)24-20-15-22-19(14-23-20)21(26)25(4-2)18-8-6-5-7-9-18/h5-15H,3-4H2,1-2H3,(H,23,24). The monoisotopic (exact) mass is 346 g/mol. The molecule has 0 atom stereocenters. The largest absolute Gasteiger partial charge is 0.339 e. The van der Waals surface area contributed by atoms with Crippen molar-refractivity contribution in [1.82, 2.24) is 9.97 Å². The van der Waals surface area contributed by atoms with Gasteiger partial charge >= 0.3 is 0 Å². The molecule has 0 unspecified atom stereocenters. The Morgan fingerprint density at radius 3 is 2.27 bits per heavy atom. The summed E-state index contributed by atoms with van der Waals surface area (Å²) in [5, 5.41) is 3.20. The summed E-state index contributed by atoms with van der Waals surface area (Å²) >= 11 is 0. The van der Waals surface area contributed by atoms with Gasteiger partial charge in [-0.25, -0.2) is 9.97 Å². The highest BCUT2D eigenvalue weighted by atomic mass is 16.2. The molecule has 2 aromatic carbocycles. The molecule has 1 aromatic heterocycles. The molecule has 132 valence electrons. The number of anilines is 3. The summed E-state index contributed by atoms with van der Waals surface area (Å²) in [4.78, 5) is 23.0. The lowest BCUT2D eigenvalue weighted by Gasteiger charge is -2.20. The number of hydrogen-bond acceptors (Lipinski definition) is 4. The lowest BCUT2D eigenvalue weighted by atomic mass is 10.1. The minimum atomic E-state index is -0.162. The Balaban J connectivity index is 1.72. The lowest BCUT2D eigenvalue weighted by Crippen LogP contribution is -2.31. The first-order valence-corrected chi connectivity index (χ1v) is 8.76. The number of para-hydroxylation sites is 1. The molecular weight excluding hydrogens is 324 g/mol. The Hall–Kier alpha value is -3.21. The third kappa shape index (κ3) is 4.06. The van der Waals surface area contributed by atoms with Gasteiger partial charge in [-0.2, -0.15) is 0 Å². The van der Waals surface area contributed by atoms with E-state index < -0.39 is 0 Å². The average molecular weight is 346 g/mol. The van der Waals surface area contributed by atoms with Gasteiger partial charge in [0.2, 0.25) is 0 Å². The van der Waals surface area contributed by atoms with Crippen LogP contribution >= 0.6 is 0 Å². The highest BCUT2D eigenvalue weighted by Gasteiger charge is 2.17. The molecule has 3 aromatic rings. The fourth-order valence-electron chi connectivity index (χ4n) is 2.66. The molecule has 1 amide bonds. The van der Waals surface area contributed by atoms with E-state index in [2.05, 4.69) is 34.3 Å². The van der Waals surface area contributed by atoms with Crippen molar-refractivity contribution in [3.8, 4) is 0 Å². The van der Waals surface area contributed by atoms with Crippen LogP contribution in [0.1, 0.15) is 29.9 Å². The van der Waals surface area contributed by atoms with Gasteiger partial charge in [0.25, 0.3) is 5.91 Å². The van der Waals surface area contributed by atoms with Crippen molar-refractivity contribution in [1.29, 1.82) is 0 Å². The normalized spacial score (nSPS) is 10.4. The number of hydrogen-bond donors (Lipinski definition) is 1. The third-order valence-corrected chi connectivity index (χ3v) is 4.13. The summed E-state index contributed by atoms with van der Waals surface area (Å²) in [5.74, 6) is 0.443. The quantitative estimate of drug-likeness (QED) is 0.716. The molecule has 0 saturated carbocycles. The summed E-state index contributed by atoms with van der Waals surface area (Å²) in [7, 11) is 0. The highest BCUT2D eigenvalue weighted by molar-refractivity contribution is 6.04. The number of rotatable bonds is 6. The van der Waals surface area contributed by atoms with Gasteiger partial charge in [-0.05, 0) is 43.2 Å². The average Bonchev–Trinajstić information content (AvgIpc) is 2.70. The Bertz CT molecular complexity index is 845. The van der Waals surface area contributed by atoms with Gasteiger partial charge in [0.15, 0.2) is 0 Å². The van der Waals surface area contributed by atoms with Gasteiger partial charge in [-0.1, -0.05) is 37.3 Å². The molecule has 0 aliphatic rings. The van der Waals surface area contributed by atoms with Gasteiger partial charge in [0, 0.05) is 17.9 Å². The minimum absolute atomic E-state index is 0.162. The third-order valence-electron chi connectivity index (χ3n) is 4.13. The van der Waals surface area contributed by atoms with E-state index in [-0.39, 0.29) is 5.91 Å². The second kappa shape index (κ2) is 8.25. The lowest BCUT2D eigenvalue weighted by molar-refractivity contribution is 0.0983. The van der Waals surface area contributed by atoms with E-state index in [1.54, 1.807) is 11.1 Å². The minimum Gasteiger partial charge on any atom is -0.339 e. The van der Waals surface area contributed by atoms with E-state index >= 15 is 0 Å². The zero-order chi connectivity index (χ0) is 18.4. The van der Waals surface area contributed by atoms with Crippen molar-refractivity contribution in [2.24, 2.45) is 0 Å². The predicted octanol–water partition coefficient (Wildman–Crippen LogP) is 4.45. The van der Waals surface area contributed by atoms with Crippen molar-refractivity contribution in [3.63, 3.8) is 0 Å². The Morgan fingerprint density at radius 1 is 0.962 bits per heavy atom. The van der Waals surface area contributed by atoms with Crippen LogP contribution in [-0.4, -0.2) is 22.4 Å². The maximum absolute atomic E-state index is 12.7. The molecule has 0 saturated heterocycles. The number of carbonyl (C=O) groups is 1. The second-order valence-electron chi connectivity index (χ2n) is 5.85. The predicted molar refractivity (Wildman–Crippen MR) is 105 cm³/mol. The van der Waals surface area contributed by atoms with Crippen LogP contribution in [0, 0.1) is 0 Å². The first-order valence-electron chi connectivity index (χ1n) is 8.76. The summed E-state index contributed by atoms with van der Waals surface area (Å²) in [6.07, 6.45) is 4.10. The SMILES string of the molecule is CCc1ccc(Nc2cnc(C(=O)N(CC)c3ccccc3)cn2)cc1. The van der Waals surface area contributed by atoms with E-state index in [0.29, 0.717) is 18.1 Å². The van der Waals surface area contributed by atoms with E-state index in [1.165, 1.54) is 11.8 Å². The molecule has 5 nitrogen and oxygen atoms in total. The number of carbonyl (C=O) groups excluding carboxylic acids is 1. The van der Waals surface area contributed by atoms with Crippen LogP contribution in [0.15, 0.2) is 67.0 Å².